The van der Waals surface area contributed by atoms with Crippen LogP contribution in [0.15, 0.2) is 22.5 Å². The third kappa shape index (κ3) is 4.23. The fourth-order valence-corrected chi connectivity index (χ4v) is 3.86. The molecule has 1 aromatic heterocycles. The first-order valence-electron chi connectivity index (χ1n) is 6.23. The maximum Gasteiger partial charge on any atom is 0.308 e. The molecule has 11 heteroatoms. The van der Waals surface area contributed by atoms with Crippen molar-refractivity contribution in [3.8, 4) is 5.75 Å². The standard InChI is InChI=1S/C13H10Cl2N2O5S2/c1-6(18)22-11-8(14)4-3-7(10(11)15)12(19)17-13-16-9(5-23-13)24(2,20)21/h3-5H,1-2H3,(H,16,17,19). The third-order valence-corrected chi connectivity index (χ3v) is 5.17. The highest BCUT2D eigenvalue weighted by molar-refractivity contribution is 7.90. The van der Waals surface area contributed by atoms with Crippen molar-refractivity contribution in [1.82, 2.24) is 4.98 Å². The van der Waals surface area contributed by atoms with Crippen LogP contribution in [0.25, 0.3) is 0 Å². The van der Waals surface area contributed by atoms with Crippen LogP contribution in [-0.2, 0) is 14.6 Å². The second-order valence-corrected chi connectivity index (χ2v) is 8.15. The number of ether oxygens (including phenoxy) is 1. The maximum absolute atomic E-state index is 12.3. The van der Waals surface area contributed by atoms with Crippen LogP contribution in [0.2, 0.25) is 10.0 Å². The lowest BCUT2D eigenvalue weighted by atomic mass is 10.2. The van der Waals surface area contributed by atoms with Gasteiger partial charge in [-0.25, -0.2) is 13.4 Å². The normalized spacial score (nSPS) is 11.2. The first-order valence-corrected chi connectivity index (χ1v) is 9.75. The fraction of sp³-hybridized carbons (Fsp3) is 0.154. The van der Waals surface area contributed by atoms with E-state index < -0.39 is 21.7 Å². The van der Waals surface area contributed by atoms with Gasteiger partial charge in [0.05, 0.1) is 15.6 Å². The number of rotatable bonds is 4. The minimum absolute atomic E-state index is 0.00609. The molecule has 0 saturated heterocycles. The number of esters is 1. The zero-order valence-electron chi connectivity index (χ0n) is 12.3. The number of sulfone groups is 1. The Labute approximate surface area is 151 Å². The van der Waals surface area contributed by atoms with E-state index >= 15 is 0 Å². The Morgan fingerprint density at radius 1 is 1.29 bits per heavy atom. The summed E-state index contributed by atoms with van der Waals surface area (Å²) in [6, 6.07) is 2.70. The molecule has 1 heterocycles. The number of carbonyl (C=O) groups is 2. The predicted octanol–water partition coefficient (Wildman–Crippen LogP) is 3.03. The van der Waals surface area contributed by atoms with E-state index in [1.54, 1.807) is 0 Å². The monoisotopic (exact) mass is 408 g/mol. The second kappa shape index (κ2) is 7.06. The van der Waals surface area contributed by atoms with Gasteiger partial charge in [-0.1, -0.05) is 23.2 Å². The summed E-state index contributed by atoms with van der Waals surface area (Å²) in [4.78, 5) is 27.2. The number of hydrogen-bond donors (Lipinski definition) is 1. The molecule has 0 spiro atoms. The Bertz CT molecular complexity index is 924. The van der Waals surface area contributed by atoms with E-state index in [-0.39, 0.29) is 31.5 Å². The van der Waals surface area contributed by atoms with E-state index in [1.807, 2.05) is 0 Å². The zero-order valence-corrected chi connectivity index (χ0v) is 15.4. The molecule has 0 fully saturated rings. The van der Waals surface area contributed by atoms with Gasteiger partial charge in [0, 0.05) is 18.6 Å². The Hall–Kier alpha value is -1.68. The Morgan fingerprint density at radius 2 is 1.96 bits per heavy atom. The van der Waals surface area contributed by atoms with E-state index in [1.165, 1.54) is 24.4 Å². The van der Waals surface area contributed by atoms with Crippen LogP contribution in [0.5, 0.6) is 5.75 Å². The highest BCUT2D eigenvalue weighted by Gasteiger charge is 2.20. The van der Waals surface area contributed by atoms with Crippen molar-refractivity contribution in [1.29, 1.82) is 0 Å². The average Bonchev–Trinajstić information content (AvgIpc) is 2.91. The Kier molecular flexibility index (Phi) is 5.49. The number of halogens is 2. The topological polar surface area (TPSA) is 102 Å². The summed E-state index contributed by atoms with van der Waals surface area (Å²) in [6.45, 7) is 1.17. The van der Waals surface area contributed by atoms with Crippen molar-refractivity contribution in [2.75, 3.05) is 11.6 Å². The van der Waals surface area contributed by atoms with Crippen LogP contribution in [0, 0.1) is 0 Å². The van der Waals surface area contributed by atoms with Gasteiger partial charge in [0.2, 0.25) is 0 Å². The number of anilines is 1. The van der Waals surface area contributed by atoms with Gasteiger partial charge in [-0.3, -0.25) is 14.9 Å². The maximum atomic E-state index is 12.3. The van der Waals surface area contributed by atoms with E-state index in [0.29, 0.717) is 0 Å². The lowest BCUT2D eigenvalue weighted by Gasteiger charge is -2.10. The molecule has 1 aromatic carbocycles. The molecule has 0 aliphatic rings. The van der Waals surface area contributed by atoms with Gasteiger partial charge in [-0.2, -0.15) is 0 Å². The van der Waals surface area contributed by atoms with Gasteiger partial charge < -0.3 is 4.74 Å². The third-order valence-electron chi connectivity index (χ3n) is 2.62. The predicted molar refractivity (Wildman–Crippen MR) is 90.9 cm³/mol. The van der Waals surface area contributed by atoms with Crippen molar-refractivity contribution in [3.63, 3.8) is 0 Å². The number of amides is 1. The summed E-state index contributed by atoms with van der Waals surface area (Å²) in [5.74, 6) is -1.43. The molecule has 0 unspecified atom stereocenters. The van der Waals surface area contributed by atoms with E-state index in [0.717, 1.165) is 17.6 Å². The molecule has 2 rings (SSSR count). The summed E-state index contributed by atoms with van der Waals surface area (Å²) in [5, 5.41) is 3.59. The summed E-state index contributed by atoms with van der Waals surface area (Å²) in [6.07, 6.45) is 1.01. The van der Waals surface area contributed by atoms with Crippen molar-refractivity contribution in [2.45, 2.75) is 11.9 Å². The minimum atomic E-state index is -3.47. The van der Waals surface area contributed by atoms with E-state index in [4.69, 9.17) is 27.9 Å². The summed E-state index contributed by atoms with van der Waals surface area (Å²) < 4.78 is 27.7. The van der Waals surface area contributed by atoms with Gasteiger partial charge >= 0.3 is 5.97 Å². The largest absolute Gasteiger partial charge is 0.423 e. The lowest BCUT2D eigenvalue weighted by Crippen LogP contribution is -2.13. The molecular weight excluding hydrogens is 399 g/mol. The number of aromatic nitrogens is 1. The molecule has 24 heavy (non-hydrogen) atoms. The highest BCUT2D eigenvalue weighted by Crippen LogP contribution is 2.36. The molecule has 1 N–H and O–H groups in total. The zero-order chi connectivity index (χ0) is 18.1. The van der Waals surface area contributed by atoms with Gasteiger partial charge in [-0.15, -0.1) is 11.3 Å². The number of carbonyl (C=O) groups excluding carboxylic acids is 2. The first-order chi connectivity index (χ1) is 11.1. The lowest BCUT2D eigenvalue weighted by molar-refractivity contribution is -0.131. The van der Waals surface area contributed by atoms with E-state index in [9.17, 15) is 18.0 Å². The molecule has 0 radical (unpaired) electrons. The van der Waals surface area contributed by atoms with Crippen LogP contribution in [-0.4, -0.2) is 31.5 Å². The highest BCUT2D eigenvalue weighted by atomic mass is 35.5. The Morgan fingerprint density at radius 3 is 2.50 bits per heavy atom. The first kappa shape index (κ1) is 18.7. The van der Waals surface area contributed by atoms with Gasteiger partial charge in [0.15, 0.2) is 25.7 Å². The van der Waals surface area contributed by atoms with Crippen molar-refractivity contribution < 1.29 is 22.7 Å². The van der Waals surface area contributed by atoms with Crippen LogP contribution in [0.1, 0.15) is 17.3 Å². The Balaban J connectivity index is 2.30. The number of nitrogens with one attached hydrogen (secondary N) is 1. The van der Waals surface area contributed by atoms with Gasteiger partial charge in [0.1, 0.15) is 0 Å². The van der Waals surface area contributed by atoms with Crippen molar-refractivity contribution in [3.05, 3.63) is 33.1 Å². The van der Waals surface area contributed by atoms with Crippen LogP contribution < -0.4 is 10.1 Å². The molecule has 7 nitrogen and oxygen atoms in total. The van der Waals surface area contributed by atoms with Crippen LogP contribution in [0.3, 0.4) is 0 Å². The molecule has 2 aromatic rings. The quantitative estimate of drug-likeness (QED) is 0.615. The van der Waals surface area contributed by atoms with Crippen molar-refractivity contribution >= 4 is 61.4 Å². The molecule has 0 aliphatic heterocycles. The number of nitrogens with zero attached hydrogens (tertiary/aromatic N) is 1. The number of thiazole rings is 1. The van der Waals surface area contributed by atoms with Gasteiger partial charge in [0.25, 0.3) is 5.91 Å². The molecule has 0 bridgehead atoms. The van der Waals surface area contributed by atoms with Crippen molar-refractivity contribution in [2.24, 2.45) is 0 Å². The molecular formula is C13H10Cl2N2O5S2. The minimum Gasteiger partial charge on any atom is -0.423 e. The average molecular weight is 409 g/mol. The second-order valence-electron chi connectivity index (χ2n) is 4.55. The van der Waals surface area contributed by atoms with Gasteiger partial charge in [-0.05, 0) is 12.1 Å². The molecule has 0 saturated carbocycles. The summed E-state index contributed by atoms with van der Waals surface area (Å²) in [5.41, 5.74) is -0.00609. The fourth-order valence-electron chi connectivity index (χ4n) is 1.60. The number of benzene rings is 1. The smallest absolute Gasteiger partial charge is 0.308 e. The summed E-state index contributed by atoms with van der Waals surface area (Å²) >= 11 is 12.9. The molecule has 1 amide bonds. The van der Waals surface area contributed by atoms with Crippen LogP contribution >= 0.6 is 34.5 Å². The molecule has 0 atom stereocenters. The number of hydrogen-bond acceptors (Lipinski definition) is 7. The SMILES string of the molecule is CC(=O)Oc1c(Cl)ccc(C(=O)Nc2nc(S(C)(=O)=O)cs2)c1Cl. The molecule has 128 valence electrons. The van der Waals surface area contributed by atoms with Crippen LogP contribution in [0.4, 0.5) is 5.13 Å². The van der Waals surface area contributed by atoms with E-state index in [2.05, 4.69) is 10.3 Å². The summed E-state index contributed by atoms with van der Waals surface area (Å²) in [7, 11) is -3.47. The molecule has 0 aliphatic carbocycles.